The van der Waals surface area contributed by atoms with E-state index in [9.17, 15) is 0 Å². The molecule has 0 fully saturated rings. The zero-order chi connectivity index (χ0) is 14.4. The van der Waals surface area contributed by atoms with Gasteiger partial charge in [0.05, 0.1) is 27.9 Å². The predicted molar refractivity (Wildman–Crippen MR) is 70.8 cm³/mol. The zero-order valence-electron chi connectivity index (χ0n) is 11.6. The Balaban J connectivity index is 2.10. The minimum absolute atomic E-state index is 0.508. The first kappa shape index (κ1) is 14.1. The van der Waals surface area contributed by atoms with Crippen molar-refractivity contribution < 1.29 is 14.2 Å². The van der Waals surface area contributed by atoms with Gasteiger partial charge in [-0.1, -0.05) is 11.3 Å². The summed E-state index contributed by atoms with van der Waals surface area (Å²) < 4.78 is 16.0. The molecule has 2 N–H and O–H groups in total. The van der Waals surface area contributed by atoms with Crippen molar-refractivity contribution >= 4 is 0 Å². The van der Waals surface area contributed by atoms with Crippen molar-refractivity contribution in [3.8, 4) is 17.2 Å². The molecule has 1 aromatic carbocycles. The summed E-state index contributed by atoms with van der Waals surface area (Å²) in [5.74, 6) is 2.46. The predicted octanol–water partition coefficient (Wildman–Crippen LogP) is 0.515. The number of H-pyrrole nitrogens is 1. The van der Waals surface area contributed by atoms with Gasteiger partial charge in [0, 0.05) is 12.1 Å². The van der Waals surface area contributed by atoms with Crippen LogP contribution in [0.15, 0.2) is 12.1 Å². The third-order valence-electron chi connectivity index (χ3n) is 2.77. The molecule has 0 amide bonds. The number of rotatable bonds is 7. The van der Waals surface area contributed by atoms with Crippen LogP contribution in [0.25, 0.3) is 0 Å². The number of nitrogens with zero attached hydrogens (tertiary/aromatic N) is 3. The molecule has 0 saturated carbocycles. The Labute approximate surface area is 116 Å². The van der Waals surface area contributed by atoms with Gasteiger partial charge in [0.1, 0.15) is 0 Å². The van der Waals surface area contributed by atoms with Gasteiger partial charge in [0.25, 0.3) is 0 Å². The summed E-state index contributed by atoms with van der Waals surface area (Å²) in [6, 6.07) is 3.76. The van der Waals surface area contributed by atoms with E-state index in [1.165, 1.54) is 0 Å². The summed E-state index contributed by atoms with van der Waals surface area (Å²) >= 11 is 0. The molecule has 8 heteroatoms. The van der Waals surface area contributed by atoms with Crippen molar-refractivity contribution in [2.75, 3.05) is 21.3 Å². The molecule has 0 unspecified atom stereocenters. The Morgan fingerprint density at radius 3 is 2.45 bits per heavy atom. The molecule has 2 rings (SSSR count). The molecule has 108 valence electrons. The number of aromatic nitrogens is 4. The van der Waals surface area contributed by atoms with E-state index in [2.05, 4.69) is 25.9 Å². The van der Waals surface area contributed by atoms with Gasteiger partial charge in [-0.3, -0.25) is 0 Å². The maximum Gasteiger partial charge on any atom is 0.203 e. The Kier molecular flexibility index (Phi) is 4.72. The van der Waals surface area contributed by atoms with Crippen LogP contribution in [0.2, 0.25) is 0 Å². The average molecular weight is 279 g/mol. The third kappa shape index (κ3) is 2.97. The fraction of sp³-hybridized carbons (Fsp3) is 0.417. The van der Waals surface area contributed by atoms with Gasteiger partial charge in [-0.25, -0.2) is 0 Å². The van der Waals surface area contributed by atoms with Gasteiger partial charge >= 0.3 is 0 Å². The second kappa shape index (κ2) is 6.71. The smallest absolute Gasteiger partial charge is 0.203 e. The van der Waals surface area contributed by atoms with Gasteiger partial charge in [0.2, 0.25) is 5.75 Å². The maximum atomic E-state index is 5.40. The number of benzene rings is 1. The number of nitrogens with one attached hydrogen (secondary N) is 2. The molecule has 0 atom stereocenters. The van der Waals surface area contributed by atoms with Crippen molar-refractivity contribution in [2.24, 2.45) is 0 Å². The van der Waals surface area contributed by atoms with Crippen LogP contribution in [0.5, 0.6) is 17.2 Å². The number of aromatic amines is 1. The minimum Gasteiger partial charge on any atom is -0.493 e. The molecule has 2 aromatic rings. The highest BCUT2D eigenvalue weighted by Crippen LogP contribution is 2.39. The second-order valence-corrected chi connectivity index (χ2v) is 3.93. The Morgan fingerprint density at radius 2 is 1.85 bits per heavy atom. The van der Waals surface area contributed by atoms with E-state index < -0.39 is 0 Å². The fourth-order valence-corrected chi connectivity index (χ4v) is 1.87. The lowest BCUT2D eigenvalue weighted by Gasteiger charge is -2.15. The highest BCUT2D eigenvalue weighted by molar-refractivity contribution is 5.55. The molecule has 0 radical (unpaired) electrons. The Bertz CT molecular complexity index is 544. The van der Waals surface area contributed by atoms with Gasteiger partial charge < -0.3 is 19.5 Å². The minimum atomic E-state index is 0.508. The Hall–Kier alpha value is -2.35. The second-order valence-electron chi connectivity index (χ2n) is 3.93. The van der Waals surface area contributed by atoms with Crippen molar-refractivity contribution in [2.45, 2.75) is 13.1 Å². The Morgan fingerprint density at radius 1 is 1.05 bits per heavy atom. The van der Waals surface area contributed by atoms with E-state index in [0.717, 1.165) is 5.56 Å². The SMILES string of the molecule is COc1ccc(CNCc2nn[nH]n2)c(OC)c1OC. The molecule has 0 saturated heterocycles. The van der Waals surface area contributed by atoms with Crippen molar-refractivity contribution in [3.05, 3.63) is 23.5 Å². The summed E-state index contributed by atoms with van der Waals surface area (Å²) in [5.41, 5.74) is 0.952. The molecule has 1 aromatic heterocycles. The molecule has 20 heavy (non-hydrogen) atoms. The van der Waals surface area contributed by atoms with Crippen LogP contribution < -0.4 is 19.5 Å². The maximum absolute atomic E-state index is 5.40. The van der Waals surface area contributed by atoms with Crippen LogP contribution in [0.1, 0.15) is 11.4 Å². The third-order valence-corrected chi connectivity index (χ3v) is 2.77. The van der Waals surface area contributed by atoms with Crippen LogP contribution in [-0.2, 0) is 13.1 Å². The van der Waals surface area contributed by atoms with Gasteiger partial charge in [-0.15, -0.1) is 10.2 Å². The highest BCUT2D eigenvalue weighted by Gasteiger charge is 2.15. The number of ether oxygens (including phenoxy) is 3. The van der Waals surface area contributed by atoms with Gasteiger partial charge in [0.15, 0.2) is 17.3 Å². The van der Waals surface area contributed by atoms with Crippen molar-refractivity contribution in [1.29, 1.82) is 0 Å². The molecule has 8 nitrogen and oxygen atoms in total. The van der Waals surface area contributed by atoms with Crippen LogP contribution in [0.3, 0.4) is 0 Å². The van der Waals surface area contributed by atoms with E-state index in [0.29, 0.717) is 36.2 Å². The topological polar surface area (TPSA) is 94.2 Å². The van der Waals surface area contributed by atoms with Crippen LogP contribution >= 0.6 is 0 Å². The number of hydrogen-bond acceptors (Lipinski definition) is 7. The fourth-order valence-electron chi connectivity index (χ4n) is 1.87. The number of hydrogen-bond donors (Lipinski definition) is 2. The van der Waals surface area contributed by atoms with Crippen LogP contribution in [0, 0.1) is 0 Å². The van der Waals surface area contributed by atoms with Crippen LogP contribution in [0.4, 0.5) is 0 Å². The zero-order valence-corrected chi connectivity index (χ0v) is 11.6. The van der Waals surface area contributed by atoms with E-state index in [1.807, 2.05) is 12.1 Å². The summed E-state index contributed by atoms with van der Waals surface area (Å²) in [6.45, 7) is 1.09. The molecular formula is C12H17N5O3. The lowest BCUT2D eigenvalue weighted by Crippen LogP contribution is -2.14. The summed E-state index contributed by atoms with van der Waals surface area (Å²) in [4.78, 5) is 0. The summed E-state index contributed by atoms with van der Waals surface area (Å²) in [5, 5.41) is 16.8. The molecule has 0 spiro atoms. The van der Waals surface area contributed by atoms with Gasteiger partial charge in [-0.2, -0.15) is 5.21 Å². The lowest BCUT2D eigenvalue weighted by atomic mass is 10.1. The molecule has 0 bridgehead atoms. The lowest BCUT2D eigenvalue weighted by molar-refractivity contribution is 0.321. The average Bonchev–Trinajstić information content (AvgIpc) is 2.99. The molecule has 0 aliphatic heterocycles. The largest absolute Gasteiger partial charge is 0.493 e. The van der Waals surface area contributed by atoms with Crippen molar-refractivity contribution in [3.63, 3.8) is 0 Å². The van der Waals surface area contributed by atoms with Gasteiger partial charge in [-0.05, 0) is 6.07 Å². The summed E-state index contributed by atoms with van der Waals surface area (Å²) in [6.07, 6.45) is 0. The highest BCUT2D eigenvalue weighted by atomic mass is 16.5. The first-order chi connectivity index (χ1) is 9.80. The van der Waals surface area contributed by atoms with Crippen molar-refractivity contribution in [1.82, 2.24) is 25.9 Å². The van der Waals surface area contributed by atoms with E-state index in [1.54, 1.807) is 21.3 Å². The first-order valence-corrected chi connectivity index (χ1v) is 6.01. The molecular weight excluding hydrogens is 262 g/mol. The van der Waals surface area contributed by atoms with E-state index in [-0.39, 0.29) is 0 Å². The van der Waals surface area contributed by atoms with E-state index >= 15 is 0 Å². The van der Waals surface area contributed by atoms with Crippen LogP contribution in [-0.4, -0.2) is 42.0 Å². The normalized spacial score (nSPS) is 10.3. The quantitative estimate of drug-likeness (QED) is 0.762. The molecule has 0 aliphatic carbocycles. The number of tetrazole rings is 1. The number of methoxy groups -OCH3 is 3. The summed E-state index contributed by atoms with van der Waals surface area (Å²) in [7, 11) is 4.77. The monoisotopic (exact) mass is 279 g/mol. The first-order valence-electron chi connectivity index (χ1n) is 6.01. The van der Waals surface area contributed by atoms with E-state index in [4.69, 9.17) is 14.2 Å². The molecule has 1 heterocycles. The standard InChI is InChI=1S/C12H17N5O3/c1-18-9-5-4-8(11(19-2)12(9)20-3)6-13-7-10-14-16-17-15-10/h4-5,13H,6-7H2,1-3H3,(H,14,15,16,17). The molecule has 0 aliphatic rings.